The molecule has 2 fully saturated rings. The first-order valence-corrected chi connectivity index (χ1v) is 7.78. The molecule has 2 atom stereocenters. The van der Waals surface area contributed by atoms with E-state index in [-0.39, 0.29) is 0 Å². The minimum absolute atomic E-state index is 0.579. The molecular weight excluding hydrogens is 250 g/mol. The molecule has 0 spiro atoms. The van der Waals surface area contributed by atoms with Crippen molar-refractivity contribution in [2.45, 2.75) is 44.6 Å². The summed E-state index contributed by atoms with van der Waals surface area (Å²) < 4.78 is 10.8. The lowest BCUT2D eigenvalue weighted by Crippen LogP contribution is -2.28. The Labute approximate surface area is 121 Å². The summed E-state index contributed by atoms with van der Waals surface area (Å²) in [6.45, 7) is 0. The van der Waals surface area contributed by atoms with Gasteiger partial charge < -0.3 is 14.8 Å². The van der Waals surface area contributed by atoms with Gasteiger partial charge >= 0.3 is 0 Å². The lowest BCUT2D eigenvalue weighted by molar-refractivity contribution is 0.302. The van der Waals surface area contributed by atoms with E-state index in [4.69, 9.17) is 9.47 Å². The Hall–Kier alpha value is -1.38. The Morgan fingerprint density at radius 1 is 1.00 bits per heavy atom. The van der Waals surface area contributed by atoms with Gasteiger partial charge in [-0.25, -0.2) is 0 Å². The summed E-state index contributed by atoms with van der Waals surface area (Å²) in [5, 5.41) is 3.68. The number of benzene rings is 1. The first-order valence-electron chi connectivity index (χ1n) is 7.78. The van der Waals surface area contributed by atoms with E-state index in [2.05, 4.69) is 5.32 Å². The van der Waals surface area contributed by atoms with Gasteiger partial charge in [0.1, 0.15) is 11.5 Å². The zero-order valence-electron chi connectivity index (χ0n) is 12.5. The lowest BCUT2D eigenvalue weighted by atomic mass is 9.82. The van der Waals surface area contributed by atoms with Gasteiger partial charge in [0.2, 0.25) is 0 Å². The van der Waals surface area contributed by atoms with Crippen LogP contribution in [0.5, 0.6) is 11.5 Å². The van der Waals surface area contributed by atoms with Gasteiger partial charge in [-0.15, -0.1) is 0 Å². The number of methoxy groups -OCH3 is 2. The maximum atomic E-state index is 5.45. The third kappa shape index (κ3) is 3.02. The second kappa shape index (κ2) is 5.94. The smallest absolute Gasteiger partial charge is 0.142 e. The number of rotatable bonds is 5. The van der Waals surface area contributed by atoms with Crippen molar-refractivity contribution >= 4 is 5.69 Å². The number of ether oxygens (including phenoxy) is 2. The van der Waals surface area contributed by atoms with Crippen molar-refractivity contribution in [3.05, 3.63) is 18.2 Å². The fraction of sp³-hybridized carbons (Fsp3) is 0.647. The van der Waals surface area contributed by atoms with Crippen molar-refractivity contribution in [1.29, 1.82) is 0 Å². The SMILES string of the molecule is COc1ccc(OC)c(NC2CCCC(C3CC3)C2)c1. The van der Waals surface area contributed by atoms with Gasteiger partial charge in [0.05, 0.1) is 19.9 Å². The van der Waals surface area contributed by atoms with Crippen LogP contribution < -0.4 is 14.8 Å². The van der Waals surface area contributed by atoms with Gasteiger partial charge in [-0.2, -0.15) is 0 Å². The van der Waals surface area contributed by atoms with Crippen LogP contribution in [0.3, 0.4) is 0 Å². The standard InChI is InChI=1S/C17H25NO2/c1-19-15-8-9-17(20-2)16(11-15)18-14-5-3-4-13(10-14)12-6-7-12/h8-9,11-14,18H,3-7,10H2,1-2H3. The van der Waals surface area contributed by atoms with Gasteiger partial charge in [0.15, 0.2) is 0 Å². The van der Waals surface area contributed by atoms with Gasteiger partial charge in [0.25, 0.3) is 0 Å². The van der Waals surface area contributed by atoms with Crippen LogP contribution in [-0.4, -0.2) is 20.3 Å². The Bertz CT molecular complexity index is 456. The second-order valence-electron chi connectivity index (χ2n) is 6.17. The van der Waals surface area contributed by atoms with E-state index in [1.807, 2.05) is 18.2 Å². The van der Waals surface area contributed by atoms with E-state index in [0.717, 1.165) is 29.0 Å². The molecule has 0 amide bonds. The Balaban J connectivity index is 1.69. The van der Waals surface area contributed by atoms with Crippen LogP contribution in [-0.2, 0) is 0 Å². The predicted molar refractivity (Wildman–Crippen MR) is 81.6 cm³/mol. The fourth-order valence-electron chi connectivity index (χ4n) is 3.50. The molecule has 2 aliphatic carbocycles. The molecule has 0 saturated heterocycles. The predicted octanol–water partition coefficient (Wildman–Crippen LogP) is 4.08. The molecule has 3 heteroatoms. The van der Waals surface area contributed by atoms with Crippen LogP contribution in [0, 0.1) is 11.8 Å². The molecule has 110 valence electrons. The number of hydrogen-bond donors (Lipinski definition) is 1. The van der Waals surface area contributed by atoms with E-state index in [1.54, 1.807) is 14.2 Å². The normalized spacial score (nSPS) is 26.1. The van der Waals surface area contributed by atoms with E-state index >= 15 is 0 Å². The van der Waals surface area contributed by atoms with Crippen LogP contribution in [0.2, 0.25) is 0 Å². The summed E-state index contributed by atoms with van der Waals surface area (Å²) in [7, 11) is 3.43. The summed E-state index contributed by atoms with van der Waals surface area (Å²) in [5.74, 6) is 3.74. The largest absolute Gasteiger partial charge is 0.497 e. The van der Waals surface area contributed by atoms with Crippen molar-refractivity contribution in [2.24, 2.45) is 11.8 Å². The van der Waals surface area contributed by atoms with Gasteiger partial charge in [-0.1, -0.05) is 12.8 Å². The first-order chi connectivity index (χ1) is 9.80. The van der Waals surface area contributed by atoms with Crippen molar-refractivity contribution in [2.75, 3.05) is 19.5 Å². The molecule has 0 radical (unpaired) electrons. The van der Waals surface area contributed by atoms with Crippen LogP contribution in [0.4, 0.5) is 5.69 Å². The van der Waals surface area contributed by atoms with E-state index in [0.29, 0.717) is 6.04 Å². The maximum absolute atomic E-state index is 5.45. The maximum Gasteiger partial charge on any atom is 0.142 e. The van der Waals surface area contributed by atoms with Crippen LogP contribution >= 0.6 is 0 Å². The molecule has 20 heavy (non-hydrogen) atoms. The third-order valence-corrected chi connectivity index (χ3v) is 4.77. The molecular formula is C17H25NO2. The molecule has 0 aromatic heterocycles. The quantitative estimate of drug-likeness (QED) is 0.878. The van der Waals surface area contributed by atoms with E-state index in [1.165, 1.54) is 38.5 Å². The average Bonchev–Trinajstić information content (AvgIpc) is 3.32. The molecule has 2 aliphatic rings. The Morgan fingerprint density at radius 3 is 2.55 bits per heavy atom. The van der Waals surface area contributed by atoms with Crippen molar-refractivity contribution in [3.63, 3.8) is 0 Å². The molecule has 2 unspecified atom stereocenters. The zero-order chi connectivity index (χ0) is 13.9. The summed E-state index contributed by atoms with van der Waals surface area (Å²) in [5.41, 5.74) is 1.06. The summed E-state index contributed by atoms with van der Waals surface area (Å²) in [6, 6.07) is 6.54. The van der Waals surface area contributed by atoms with Crippen LogP contribution in [0.15, 0.2) is 18.2 Å². The summed E-state index contributed by atoms with van der Waals surface area (Å²) >= 11 is 0. The lowest BCUT2D eigenvalue weighted by Gasteiger charge is -2.31. The van der Waals surface area contributed by atoms with Crippen molar-refractivity contribution in [3.8, 4) is 11.5 Å². The minimum Gasteiger partial charge on any atom is -0.497 e. The molecule has 3 rings (SSSR count). The molecule has 0 bridgehead atoms. The van der Waals surface area contributed by atoms with Gasteiger partial charge in [-0.3, -0.25) is 0 Å². The topological polar surface area (TPSA) is 30.5 Å². The molecule has 1 aromatic rings. The molecule has 0 heterocycles. The highest BCUT2D eigenvalue weighted by molar-refractivity contribution is 5.60. The van der Waals surface area contributed by atoms with Crippen molar-refractivity contribution in [1.82, 2.24) is 0 Å². The number of anilines is 1. The molecule has 2 saturated carbocycles. The zero-order valence-corrected chi connectivity index (χ0v) is 12.5. The molecule has 1 N–H and O–H groups in total. The Kier molecular flexibility index (Phi) is 4.04. The van der Waals surface area contributed by atoms with Crippen LogP contribution in [0.25, 0.3) is 0 Å². The summed E-state index contributed by atoms with van der Waals surface area (Å²) in [6.07, 6.45) is 8.28. The number of hydrogen-bond acceptors (Lipinski definition) is 3. The molecule has 0 aliphatic heterocycles. The third-order valence-electron chi connectivity index (χ3n) is 4.77. The highest BCUT2D eigenvalue weighted by Gasteiger charge is 2.34. The van der Waals surface area contributed by atoms with Gasteiger partial charge in [0, 0.05) is 12.1 Å². The highest BCUT2D eigenvalue weighted by atomic mass is 16.5. The first kappa shape index (κ1) is 13.6. The van der Waals surface area contributed by atoms with Crippen molar-refractivity contribution < 1.29 is 9.47 Å². The number of nitrogens with one attached hydrogen (secondary N) is 1. The van der Waals surface area contributed by atoms with E-state index < -0.39 is 0 Å². The minimum atomic E-state index is 0.579. The Morgan fingerprint density at radius 2 is 1.85 bits per heavy atom. The highest BCUT2D eigenvalue weighted by Crippen LogP contribution is 2.44. The summed E-state index contributed by atoms with van der Waals surface area (Å²) in [4.78, 5) is 0. The molecule has 3 nitrogen and oxygen atoms in total. The average molecular weight is 275 g/mol. The van der Waals surface area contributed by atoms with Crippen LogP contribution in [0.1, 0.15) is 38.5 Å². The van der Waals surface area contributed by atoms with E-state index in [9.17, 15) is 0 Å². The second-order valence-corrected chi connectivity index (χ2v) is 6.17. The fourth-order valence-corrected chi connectivity index (χ4v) is 3.50. The van der Waals surface area contributed by atoms with Gasteiger partial charge in [-0.05, 0) is 49.7 Å². The molecule has 1 aromatic carbocycles. The monoisotopic (exact) mass is 275 g/mol.